The van der Waals surface area contributed by atoms with Gasteiger partial charge in [0.25, 0.3) is 11.8 Å². The molecule has 4 amide bonds. The van der Waals surface area contributed by atoms with Crippen LogP contribution >= 0.6 is 0 Å². The predicted molar refractivity (Wildman–Crippen MR) is 219 cm³/mol. The summed E-state index contributed by atoms with van der Waals surface area (Å²) < 4.78 is 11.3. The molecular weight excluding hydrogens is 737 g/mol. The van der Waals surface area contributed by atoms with E-state index < -0.39 is 29.6 Å². The number of benzene rings is 4. The van der Waals surface area contributed by atoms with Gasteiger partial charge in [-0.15, -0.1) is 0 Å². The van der Waals surface area contributed by atoms with Gasteiger partial charge < -0.3 is 30.1 Å². The number of methoxy groups -OCH3 is 1. The van der Waals surface area contributed by atoms with E-state index in [1.165, 1.54) is 6.92 Å². The lowest BCUT2D eigenvalue weighted by molar-refractivity contribution is -0.144. The van der Waals surface area contributed by atoms with Crippen molar-refractivity contribution in [2.24, 2.45) is 5.41 Å². The third-order valence-electron chi connectivity index (χ3n) is 11.3. The van der Waals surface area contributed by atoms with Gasteiger partial charge in [-0.25, -0.2) is 4.79 Å². The maximum atomic E-state index is 14.7. The van der Waals surface area contributed by atoms with Crippen molar-refractivity contribution in [1.29, 1.82) is 0 Å². The van der Waals surface area contributed by atoms with Gasteiger partial charge in [0.1, 0.15) is 29.7 Å². The van der Waals surface area contributed by atoms with Crippen LogP contribution in [0.15, 0.2) is 109 Å². The van der Waals surface area contributed by atoms with E-state index in [0.29, 0.717) is 61.4 Å². The molecule has 3 atom stereocenters. The molecule has 1 saturated carbocycles. The van der Waals surface area contributed by atoms with Crippen LogP contribution in [0.25, 0.3) is 0 Å². The van der Waals surface area contributed by atoms with Gasteiger partial charge in [-0.05, 0) is 85.2 Å². The number of carbonyl (C=O) groups is 5. The summed E-state index contributed by atoms with van der Waals surface area (Å²) in [5, 5.41) is 15.8. The van der Waals surface area contributed by atoms with Crippen LogP contribution in [0, 0.1) is 5.41 Å². The van der Waals surface area contributed by atoms with Crippen LogP contribution in [-0.2, 0) is 43.2 Å². The number of amides is 4. The Kier molecular flexibility index (Phi) is 13.8. The second kappa shape index (κ2) is 19.3. The first-order chi connectivity index (χ1) is 28.1. The fourth-order valence-corrected chi connectivity index (χ4v) is 8.17. The molecule has 6 rings (SSSR count). The molecule has 1 aliphatic carbocycles. The number of nitrogens with one attached hydrogen (secondary N) is 2. The molecule has 3 N–H and O–H groups in total. The van der Waals surface area contributed by atoms with Crippen molar-refractivity contribution in [3.05, 3.63) is 126 Å². The SMILES string of the molecule is COc1ccc(CC2C(=O)N(c3ccc(CC(NC(=O)C4(CCNC(C)=O)CCCC4)C(=O)O)cc3)C(CCc3ccccc3)N2C(=O)COc2ccccc2)cc1. The normalized spacial score (nSPS) is 17.7. The number of carbonyl (C=O) groups excluding carboxylic acids is 4. The Balaban J connectivity index is 1.26. The first-order valence-electron chi connectivity index (χ1n) is 19.9. The maximum absolute atomic E-state index is 14.7. The molecule has 0 spiro atoms. The lowest BCUT2D eigenvalue weighted by Crippen LogP contribution is -2.49. The Hall–Kier alpha value is -6.17. The second-order valence-electron chi connectivity index (χ2n) is 15.1. The van der Waals surface area contributed by atoms with Crippen molar-refractivity contribution in [2.75, 3.05) is 25.2 Å². The molecule has 2 fully saturated rings. The van der Waals surface area contributed by atoms with Gasteiger partial charge >= 0.3 is 5.97 Å². The summed E-state index contributed by atoms with van der Waals surface area (Å²) >= 11 is 0. The largest absolute Gasteiger partial charge is 0.497 e. The number of ether oxygens (including phenoxy) is 2. The van der Waals surface area contributed by atoms with Gasteiger partial charge in [-0.1, -0.05) is 85.6 Å². The molecule has 2 aliphatic rings. The predicted octanol–water partition coefficient (Wildman–Crippen LogP) is 5.72. The van der Waals surface area contributed by atoms with Gasteiger partial charge in [-0.3, -0.25) is 24.1 Å². The Morgan fingerprint density at radius 3 is 2.09 bits per heavy atom. The molecule has 1 heterocycles. The van der Waals surface area contributed by atoms with Crippen LogP contribution in [-0.4, -0.2) is 78.1 Å². The smallest absolute Gasteiger partial charge is 0.326 e. The topological polar surface area (TPSA) is 155 Å². The third-order valence-corrected chi connectivity index (χ3v) is 11.3. The summed E-state index contributed by atoms with van der Waals surface area (Å²) in [5.41, 5.74) is 2.40. The van der Waals surface area contributed by atoms with Crippen molar-refractivity contribution in [2.45, 2.75) is 83.0 Å². The zero-order valence-corrected chi connectivity index (χ0v) is 33.1. The van der Waals surface area contributed by atoms with Crippen LogP contribution in [0.1, 0.15) is 62.1 Å². The monoisotopic (exact) mass is 788 g/mol. The number of carboxylic acids is 1. The Morgan fingerprint density at radius 1 is 0.828 bits per heavy atom. The molecular formula is C46H52N4O8. The van der Waals surface area contributed by atoms with E-state index in [4.69, 9.17) is 9.47 Å². The van der Waals surface area contributed by atoms with E-state index in [9.17, 15) is 29.1 Å². The highest BCUT2D eigenvalue weighted by Gasteiger charge is 2.49. The minimum atomic E-state index is -1.18. The number of carboxylic acid groups (broad SMARTS) is 1. The van der Waals surface area contributed by atoms with E-state index in [1.807, 2.05) is 72.8 Å². The van der Waals surface area contributed by atoms with Gasteiger partial charge in [-0.2, -0.15) is 0 Å². The minimum absolute atomic E-state index is 0.0239. The molecule has 4 aromatic carbocycles. The maximum Gasteiger partial charge on any atom is 0.326 e. The first-order valence-corrected chi connectivity index (χ1v) is 19.9. The average molecular weight is 789 g/mol. The fraction of sp³-hybridized carbons (Fsp3) is 0.370. The molecule has 0 aromatic heterocycles. The summed E-state index contributed by atoms with van der Waals surface area (Å²) in [6.45, 7) is 1.51. The molecule has 0 bridgehead atoms. The lowest BCUT2D eigenvalue weighted by atomic mass is 9.81. The number of nitrogens with zero attached hydrogens (tertiary/aromatic N) is 2. The van der Waals surface area contributed by atoms with Gasteiger partial charge in [0.15, 0.2) is 6.61 Å². The number of aliphatic carboxylic acids is 1. The fourth-order valence-electron chi connectivity index (χ4n) is 8.17. The quantitative estimate of drug-likeness (QED) is 0.116. The molecule has 12 nitrogen and oxygen atoms in total. The van der Waals surface area contributed by atoms with Crippen molar-refractivity contribution < 1.29 is 38.6 Å². The number of aryl methyl sites for hydroxylation is 1. The van der Waals surface area contributed by atoms with E-state index in [2.05, 4.69) is 10.6 Å². The van der Waals surface area contributed by atoms with Crippen LogP contribution in [0.2, 0.25) is 0 Å². The summed E-state index contributed by atoms with van der Waals surface area (Å²) in [5.74, 6) is -0.999. The number of anilines is 1. The van der Waals surface area contributed by atoms with Gasteiger partial charge in [0, 0.05) is 32.0 Å². The summed E-state index contributed by atoms with van der Waals surface area (Å²) in [6, 6.07) is 31.5. The van der Waals surface area contributed by atoms with Crippen molar-refractivity contribution in [3.8, 4) is 11.5 Å². The first kappa shape index (κ1) is 41.5. The standard InChI is InChI=1S/C46H52N4O8/c1-32(51)47-28-27-46(25-9-10-26-46)45(56)48-39(44(54)55)29-34-15-20-36(21-16-34)49-41(24-19-33-11-5-3-6-12-33)50(42(52)31-58-38-13-7-4-8-14-38)40(43(49)53)30-35-17-22-37(57-2)23-18-35/h3-8,11-18,20-23,39-41H,9-10,19,24-31H2,1-2H3,(H,47,51)(H,48,56)(H,54,55). The van der Waals surface area contributed by atoms with E-state index in [-0.39, 0.29) is 43.1 Å². The second-order valence-corrected chi connectivity index (χ2v) is 15.1. The number of hydrogen-bond donors (Lipinski definition) is 3. The van der Waals surface area contributed by atoms with Crippen LogP contribution < -0.4 is 25.0 Å². The zero-order valence-electron chi connectivity index (χ0n) is 33.1. The highest BCUT2D eigenvalue weighted by atomic mass is 16.5. The van der Waals surface area contributed by atoms with Gasteiger partial charge in [0.05, 0.1) is 12.5 Å². The van der Waals surface area contributed by atoms with E-state index >= 15 is 0 Å². The van der Waals surface area contributed by atoms with E-state index in [1.54, 1.807) is 53.3 Å². The summed E-state index contributed by atoms with van der Waals surface area (Å²) in [7, 11) is 1.59. The molecule has 58 heavy (non-hydrogen) atoms. The summed E-state index contributed by atoms with van der Waals surface area (Å²) in [6.07, 6.45) is 4.10. The number of rotatable bonds is 18. The molecule has 12 heteroatoms. The zero-order chi connectivity index (χ0) is 41.1. The molecule has 1 aliphatic heterocycles. The molecule has 4 aromatic rings. The highest BCUT2D eigenvalue weighted by Crippen LogP contribution is 2.41. The Bertz CT molecular complexity index is 2020. The number of hydrogen-bond acceptors (Lipinski definition) is 7. The van der Waals surface area contributed by atoms with Gasteiger partial charge in [0.2, 0.25) is 11.8 Å². The minimum Gasteiger partial charge on any atom is -0.497 e. The molecule has 304 valence electrons. The Labute approximate surface area is 339 Å². The van der Waals surface area contributed by atoms with Crippen LogP contribution in [0.5, 0.6) is 11.5 Å². The van der Waals surface area contributed by atoms with Crippen molar-refractivity contribution in [3.63, 3.8) is 0 Å². The molecule has 0 radical (unpaired) electrons. The summed E-state index contributed by atoms with van der Waals surface area (Å²) in [4.78, 5) is 70.0. The Morgan fingerprint density at radius 2 is 1.47 bits per heavy atom. The average Bonchev–Trinajstić information content (AvgIpc) is 3.82. The molecule has 1 saturated heterocycles. The number of para-hydroxylation sites is 1. The highest BCUT2D eigenvalue weighted by molar-refractivity contribution is 6.03. The van der Waals surface area contributed by atoms with Crippen LogP contribution in [0.3, 0.4) is 0 Å². The van der Waals surface area contributed by atoms with Crippen LogP contribution in [0.4, 0.5) is 5.69 Å². The van der Waals surface area contributed by atoms with E-state index in [0.717, 1.165) is 24.0 Å². The molecule has 3 unspecified atom stereocenters. The van der Waals surface area contributed by atoms with Crippen molar-refractivity contribution >= 4 is 35.3 Å². The van der Waals surface area contributed by atoms with Crippen molar-refractivity contribution in [1.82, 2.24) is 15.5 Å². The third kappa shape index (κ3) is 10.2. The lowest BCUT2D eigenvalue weighted by Gasteiger charge is -2.32.